The first-order chi connectivity index (χ1) is 10.8. The number of aromatic nitrogens is 3. The summed E-state index contributed by atoms with van der Waals surface area (Å²) in [6.07, 6.45) is 2.73. The summed E-state index contributed by atoms with van der Waals surface area (Å²) in [5.74, 6) is 0. The molecule has 5 nitrogen and oxygen atoms in total. The van der Waals surface area contributed by atoms with Crippen molar-refractivity contribution >= 4 is 36.0 Å². The molecule has 0 spiro atoms. The number of rotatable bonds is 3. The number of imidazole rings is 1. The van der Waals surface area contributed by atoms with Crippen LogP contribution in [0, 0.1) is 0 Å². The minimum absolute atomic E-state index is 0. The van der Waals surface area contributed by atoms with Gasteiger partial charge in [0.1, 0.15) is 0 Å². The third-order valence-electron chi connectivity index (χ3n) is 4.31. The maximum Gasteiger partial charge on any atom is 0.330 e. The Kier molecular flexibility index (Phi) is 6.04. The Bertz CT molecular complexity index is 854. The SMILES string of the molecule is Cl.Cl.O=c1n(Cc2ccccc2)c2cccnc2n1[C@H]1CCNC1. The van der Waals surface area contributed by atoms with Crippen LogP contribution < -0.4 is 11.0 Å². The van der Waals surface area contributed by atoms with Crippen molar-refractivity contribution in [2.24, 2.45) is 0 Å². The highest BCUT2D eigenvalue weighted by atomic mass is 35.5. The van der Waals surface area contributed by atoms with E-state index in [9.17, 15) is 4.79 Å². The van der Waals surface area contributed by atoms with E-state index in [1.807, 2.05) is 51.6 Å². The van der Waals surface area contributed by atoms with E-state index in [1.165, 1.54) is 0 Å². The van der Waals surface area contributed by atoms with E-state index in [-0.39, 0.29) is 36.5 Å². The molecule has 3 aromatic rings. The molecule has 0 radical (unpaired) electrons. The molecule has 1 atom stereocenters. The summed E-state index contributed by atoms with van der Waals surface area (Å²) in [4.78, 5) is 17.4. The lowest BCUT2D eigenvalue weighted by Gasteiger charge is -2.09. The minimum Gasteiger partial charge on any atom is -0.315 e. The summed E-state index contributed by atoms with van der Waals surface area (Å²) >= 11 is 0. The minimum atomic E-state index is 0. The van der Waals surface area contributed by atoms with Crippen LogP contribution in [0.1, 0.15) is 18.0 Å². The standard InChI is InChI=1S/C17H18N4O.2ClH/c22-17-20(12-13-5-2-1-3-6-13)15-7-4-9-19-16(15)21(17)14-8-10-18-11-14;;/h1-7,9,14,18H,8,10-12H2;2*1H/t14-;;/m0../s1. The zero-order valence-electron chi connectivity index (χ0n) is 13.1. The number of halogens is 2. The summed E-state index contributed by atoms with van der Waals surface area (Å²) in [6.45, 7) is 2.37. The molecule has 1 aliphatic heterocycles. The Balaban J connectivity index is 0.00000104. The molecule has 24 heavy (non-hydrogen) atoms. The van der Waals surface area contributed by atoms with Gasteiger partial charge < -0.3 is 5.32 Å². The summed E-state index contributed by atoms with van der Waals surface area (Å²) < 4.78 is 3.69. The van der Waals surface area contributed by atoms with E-state index >= 15 is 0 Å². The first-order valence-corrected chi connectivity index (χ1v) is 7.65. The molecule has 1 saturated heterocycles. The number of pyridine rings is 1. The number of hydrogen-bond acceptors (Lipinski definition) is 3. The first kappa shape index (κ1) is 18.5. The summed E-state index contributed by atoms with van der Waals surface area (Å²) in [5.41, 5.74) is 2.85. The third kappa shape index (κ3) is 3.20. The largest absolute Gasteiger partial charge is 0.330 e. The van der Waals surface area contributed by atoms with Crippen LogP contribution in [0.3, 0.4) is 0 Å². The fourth-order valence-electron chi connectivity index (χ4n) is 3.22. The highest BCUT2D eigenvalue weighted by molar-refractivity contribution is 5.85. The van der Waals surface area contributed by atoms with Crippen LogP contribution in [0.5, 0.6) is 0 Å². The van der Waals surface area contributed by atoms with Crippen molar-refractivity contribution in [3.8, 4) is 0 Å². The van der Waals surface area contributed by atoms with Gasteiger partial charge in [0, 0.05) is 12.7 Å². The molecular formula is C17H20Cl2N4O. The predicted octanol–water partition coefficient (Wildman–Crippen LogP) is 2.62. The molecule has 0 saturated carbocycles. The Labute approximate surface area is 152 Å². The zero-order chi connectivity index (χ0) is 14.9. The number of fused-ring (bicyclic) bond motifs is 1. The topological polar surface area (TPSA) is 51.9 Å². The molecule has 0 amide bonds. The average molecular weight is 367 g/mol. The van der Waals surface area contributed by atoms with E-state index < -0.39 is 0 Å². The van der Waals surface area contributed by atoms with Gasteiger partial charge in [-0.05, 0) is 30.7 Å². The van der Waals surface area contributed by atoms with E-state index in [0.717, 1.165) is 36.2 Å². The molecule has 1 N–H and O–H groups in total. The van der Waals surface area contributed by atoms with Gasteiger partial charge in [-0.2, -0.15) is 0 Å². The quantitative estimate of drug-likeness (QED) is 0.774. The van der Waals surface area contributed by atoms with Gasteiger partial charge in [0.25, 0.3) is 0 Å². The molecule has 0 bridgehead atoms. The first-order valence-electron chi connectivity index (χ1n) is 7.65. The van der Waals surface area contributed by atoms with Crippen LogP contribution in [0.15, 0.2) is 53.5 Å². The van der Waals surface area contributed by atoms with Crippen molar-refractivity contribution in [3.63, 3.8) is 0 Å². The van der Waals surface area contributed by atoms with E-state index in [2.05, 4.69) is 10.3 Å². The highest BCUT2D eigenvalue weighted by Crippen LogP contribution is 2.20. The average Bonchev–Trinajstić information content (AvgIpc) is 3.16. The van der Waals surface area contributed by atoms with Gasteiger partial charge in [0.2, 0.25) is 0 Å². The van der Waals surface area contributed by atoms with Gasteiger partial charge in [-0.15, -0.1) is 24.8 Å². The lowest BCUT2D eigenvalue weighted by atomic mass is 10.2. The van der Waals surface area contributed by atoms with E-state index in [1.54, 1.807) is 6.20 Å². The van der Waals surface area contributed by atoms with Crippen molar-refractivity contribution in [3.05, 3.63) is 64.7 Å². The Morgan fingerprint density at radius 2 is 1.92 bits per heavy atom. The smallest absolute Gasteiger partial charge is 0.315 e. The Morgan fingerprint density at radius 3 is 2.62 bits per heavy atom. The normalized spacial score (nSPS) is 16.6. The van der Waals surface area contributed by atoms with Gasteiger partial charge in [-0.3, -0.25) is 9.13 Å². The van der Waals surface area contributed by atoms with Gasteiger partial charge in [0.05, 0.1) is 18.1 Å². The molecule has 0 unspecified atom stereocenters. The van der Waals surface area contributed by atoms with E-state index in [0.29, 0.717) is 6.54 Å². The Hall–Kier alpha value is -1.82. The maximum atomic E-state index is 12.9. The van der Waals surface area contributed by atoms with E-state index in [4.69, 9.17) is 0 Å². The van der Waals surface area contributed by atoms with Gasteiger partial charge in [0.15, 0.2) is 5.65 Å². The van der Waals surface area contributed by atoms with Crippen molar-refractivity contribution in [1.82, 2.24) is 19.4 Å². The van der Waals surface area contributed by atoms with Gasteiger partial charge in [-0.25, -0.2) is 9.78 Å². The van der Waals surface area contributed by atoms with Crippen LogP contribution in [-0.4, -0.2) is 27.2 Å². The monoisotopic (exact) mass is 366 g/mol. The molecular weight excluding hydrogens is 347 g/mol. The second kappa shape index (κ2) is 7.83. The predicted molar refractivity (Wildman–Crippen MR) is 101 cm³/mol. The third-order valence-corrected chi connectivity index (χ3v) is 4.31. The molecule has 1 aliphatic rings. The van der Waals surface area contributed by atoms with Crippen LogP contribution in [0.2, 0.25) is 0 Å². The van der Waals surface area contributed by atoms with Crippen molar-refractivity contribution in [2.45, 2.75) is 19.0 Å². The van der Waals surface area contributed by atoms with Crippen LogP contribution in [0.25, 0.3) is 11.2 Å². The maximum absolute atomic E-state index is 12.9. The highest BCUT2D eigenvalue weighted by Gasteiger charge is 2.23. The summed E-state index contributed by atoms with van der Waals surface area (Å²) in [6, 6.07) is 14.1. The molecule has 128 valence electrons. The lowest BCUT2D eigenvalue weighted by molar-refractivity contribution is 0.528. The fourth-order valence-corrected chi connectivity index (χ4v) is 3.22. The number of nitrogens with one attached hydrogen (secondary N) is 1. The van der Waals surface area contributed by atoms with Crippen LogP contribution in [0.4, 0.5) is 0 Å². The molecule has 1 fully saturated rings. The van der Waals surface area contributed by atoms with Gasteiger partial charge in [-0.1, -0.05) is 30.3 Å². The summed E-state index contributed by atoms with van der Waals surface area (Å²) in [5, 5.41) is 3.32. The second-order valence-corrected chi connectivity index (χ2v) is 5.72. The molecule has 7 heteroatoms. The Morgan fingerprint density at radius 1 is 1.12 bits per heavy atom. The number of benzene rings is 1. The molecule has 1 aromatic carbocycles. The zero-order valence-corrected chi connectivity index (χ0v) is 14.7. The fraction of sp³-hybridized carbons (Fsp3) is 0.294. The molecule has 4 rings (SSSR count). The molecule has 0 aliphatic carbocycles. The van der Waals surface area contributed by atoms with Crippen LogP contribution >= 0.6 is 24.8 Å². The lowest BCUT2D eigenvalue weighted by Crippen LogP contribution is -2.29. The summed E-state index contributed by atoms with van der Waals surface area (Å²) in [7, 11) is 0. The van der Waals surface area contributed by atoms with Crippen molar-refractivity contribution in [1.29, 1.82) is 0 Å². The van der Waals surface area contributed by atoms with Crippen LogP contribution in [-0.2, 0) is 6.54 Å². The number of hydrogen-bond donors (Lipinski definition) is 1. The van der Waals surface area contributed by atoms with Gasteiger partial charge >= 0.3 is 5.69 Å². The number of nitrogens with zero attached hydrogens (tertiary/aromatic N) is 3. The second-order valence-electron chi connectivity index (χ2n) is 5.72. The van der Waals surface area contributed by atoms with Crippen molar-refractivity contribution < 1.29 is 0 Å². The van der Waals surface area contributed by atoms with Crippen molar-refractivity contribution in [2.75, 3.05) is 13.1 Å². The molecule has 3 heterocycles. The molecule has 2 aromatic heterocycles.